The summed E-state index contributed by atoms with van der Waals surface area (Å²) in [5.74, 6) is 1.44. The first-order chi connectivity index (χ1) is 14.0. The number of imidazole rings is 1. The highest BCUT2D eigenvalue weighted by Gasteiger charge is 2.12. The Hall–Kier alpha value is -2.40. The number of benzene rings is 1. The van der Waals surface area contributed by atoms with E-state index in [9.17, 15) is 4.79 Å². The third-order valence-electron chi connectivity index (χ3n) is 4.33. The maximum Gasteiger partial charge on any atom is 0.243 e. The van der Waals surface area contributed by atoms with Crippen molar-refractivity contribution in [3.05, 3.63) is 64.7 Å². The Balaban J connectivity index is 0.00000320. The van der Waals surface area contributed by atoms with Gasteiger partial charge in [-0.05, 0) is 17.0 Å². The molecule has 2 N–H and O–H groups in total. The summed E-state index contributed by atoms with van der Waals surface area (Å²) in [6.45, 7) is 1.29. The minimum Gasteiger partial charge on any atom is -0.351 e. The van der Waals surface area contributed by atoms with Crippen LogP contribution in [0.15, 0.2) is 59.0 Å². The van der Waals surface area contributed by atoms with E-state index < -0.39 is 0 Å². The van der Waals surface area contributed by atoms with Gasteiger partial charge in [-0.25, -0.2) is 9.98 Å². The van der Waals surface area contributed by atoms with E-state index >= 15 is 0 Å². The first-order valence-electron chi connectivity index (χ1n) is 9.34. The van der Waals surface area contributed by atoms with Crippen LogP contribution in [0.2, 0.25) is 0 Å². The zero-order valence-electron chi connectivity index (χ0n) is 17.3. The summed E-state index contributed by atoms with van der Waals surface area (Å²) in [6, 6.07) is 14.2. The highest BCUT2D eigenvalue weighted by Crippen LogP contribution is 2.16. The Labute approximate surface area is 198 Å². The number of hydrogen-bond donors (Lipinski definition) is 2. The van der Waals surface area contributed by atoms with Crippen LogP contribution in [0.25, 0.3) is 11.3 Å². The molecule has 9 heteroatoms. The van der Waals surface area contributed by atoms with Gasteiger partial charge < -0.3 is 20.1 Å². The predicted octanol–water partition coefficient (Wildman–Crippen LogP) is 3.42. The standard InChI is InChI=1S/C21H26N6OS.HI/c1-26(2)20(28)14-24-21(23-12-17-10-7-11-29-17)27(3)15-19-22-13-18(25-19)16-8-5-4-6-9-16;/h4-11,13H,12,14-15H2,1-3H3,(H,22,25)(H,23,24);1H. The second kappa shape index (κ2) is 11.7. The van der Waals surface area contributed by atoms with Crippen LogP contribution in [-0.2, 0) is 17.9 Å². The molecule has 0 aliphatic heterocycles. The molecule has 7 nitrogen and oxygen atoms in total. The first kappa shape index (κ1) is 23.9. The Bertz CT molecular complexity index is 940. The molecule has 2 aromatic heterocycles. The summed E-state index contributed by atoms with van der Waals surface area (Å²) < 4.78 is 0. The molecule has 0 spiro atoms. The normalized spacial score (nSPS) is 11.0. The van der Waals surface area contributed by atoms with Gasteiger partial charge in [-0.3, -0.25) is 4.79 Å². The monoisotopic (exact) mass is 538 g/mol. The lowest BCUT2D eigenvalue weighted by Crippen LogP contribution is -2.39. The number of thiophene rings is 1. The van der Waals surface area contributed by atoms with Crippen LogP contribution >= 0.6 is 35.3 Å². The maximum atomic E-state index is 12.0. The van der Waals surface area contributed by atoms with E-state index in [0.717, 1.165) is 17.1 Å². The van der Waals surface area contributed by atoms with E-state index in [-0.39, 0.29) is 36.4 Å². The van der Waals surface area contributed by atoms with Crippen LogP contribution in [0, 0.1) is 0 Å². The molecule has 30 heavy (non-hydrogen) atoms. The van der Waals surface area contributed by atoms with Crippen molar-refractivity contribution in [3.63, 3.8) is 0 Å². The summed E-state index contributed by atoms with van der Waals surface area (Å²) in [5.41, 5.74) is 2.07. The van der Waals surface area contributed by atoms with Crippen molar-refractivity contribution < 1.29 is 4.79 Å². The van der Waals surface area contributed by atoms with Crippen LogP contribution in [-0.4, -0.2) is 59.3 Å². The van der Waals surface area contributed by atoms with E-state index in [0.29, 0.717) is 19.0 Å². The van der Waals surface area contributed by atoms with Crippen molar-refractivity contribution in [1.29, 1.82) is 0 Å². The number of aliphatic imine (C=N–C) groups is 1. The molecule has 0 fully saturated rings. The molecule has 3 aromatic rings. The number of nitrogens with zero attached hydrogens (tertiary/aromatic N) is 4. The van der Waals surface area contributed by atoms with Gasteiger partial charge in [-0.15, -0.1) is 35.3 Å². The molecule has 0 atom stereocenters. The fourth-order valence-corrected chi connectivity index (χ4v) is 3.33. The van der Waals surface area contributed by atoms with Gasteiger partial charge in [0, 0.05) is 26.0 Å². The lowest BCUT2D eigenvalue weighted by molar-refractivity contribution is -0.127. The van der Waals surface area contributed by atoms with E-state index in [1.807, 2.05) is 59.9 Å². The van der Waals surface area contributed by atoms with Crippen molar-refractivity contribution in [1.82, 2.24) is 25.1 Å². The van der Waals surface area contributed by atoms with Crippen LogP contribution in [0.3, 0.4) is 0 Å². The Morgan fingerprint density at radius 1 is 1.17 bits per heavy atom. The summed E-state index contributed by atoms with van der Waals surface area (Å²) in [5, 5.41) is 5.39. The Morgan fingerprint density at radius 2 is 1.93 bits per heavy atom. The van der Waals surface area contributed by atoms with Gasteiger partial charge in [0.1, 0.15) is 12.4 Å². The molecule has 0 saturated carbocycles. The number of rotatable bonds is 7. The van der Waals surface area contributed by atoms with Crippen molar-refractivity contribution in [2.45, 2.75) is 13.1 Å². The predicted molar refractivity (Wildman–Crippen MR) is 133 cm³/mol. The summed E-state index contributed by atoms with van der Waals surface area (Å²) in [7, 11) is 5.40. The number of carbonyl (C=O) groups is 1. The maximum absolute atomic E-state index is 12.0. The molecule has 0 aliphatic rings. The minimum absolute atomic E-state index is 0. The Kier molecular flexibility index (Phi) is 9.31. The van der Waals surface area contributed by atoms with Gasteiger partial charge in [-0.1, -0.05) is 36.4 Å². The third kappa shape index (κ3) is 6.84. The number of amides is 1. The lowest BCUT2D eigenvalue weighted by Gasteiger charge is -2.21. The molecule has 3 rings (SSSR count). The van der Waals surface area contributed by atoms with E-state index in [4.69, 9.17) is 0 Å². The summed E-state index contributed by atoms with van der Waals surface area (Å²) >= 11 is 1.68. The summed E-state index contributed by atoms with van der Waals surface area (Å²) in [6.07, 6.45) is 1.84. The topological polar surface area (TPSA) is 76.6 Å². The average Bonchev–Trinajstić information content (AvgIpc) is 3.40. The number of H-pyrrole nitrogens is 1. The van der Waals surface area contributed by atoms with Crippen LogP contribution < -0.4 is 5.32 Å². The number of likely N-dealkylation sites (N-methyl/N-ethyl adjacent to an activating group) is 1. The van der Waals surface area contributed by atoms with Gasteiger partial charge in [0.2, 0.25) is 5.91 Å². The minimum atomic E-state index is -0.0433. The molecule has 0 saturated heterocycles. The smallest absolute Gasteiger partial charge is 0.243 e. The fraction of sp³-hybridized carbons (Fsp3) is 0.286. The highest BCUT2D eigenvalue weighted by atomic mass is 127. The van der Waals surface area contributed by atoms with E-state index in [2.05, 4.69) is 26.3 Å². The van der Waals surface area contributed by atoms with Crippen molar-refractivity contribution >= 4 is 47.2 Å². The van der Waals surface area contributed by atoms with Crippen LogP contribution in [0.4, 0.5) is 0 Å². The molecule has 0 unspecified atom stereocenters. The third-order valence-corrected chi connectivity index (χ3v) is 5.20. The highest BCUT2D eigenvalue weighted by molar-refractivity contribution is 14.0. The number of halogens is 1. The van der Waals surface area contributed by atoms with Crippen molar-refractivity contribution in [2.24, 2.45) is 4.99 Å². The van der Waals surface area contributed by atoms with Crippen LogP contribution in [0.1, 0.15) is 10.7 Å². The van der Waals surface area contributed by atoms with Gasteiger partial charge >= 0.3 is 0 Å². The number of carbonyl (C=O) groups excluding carboxylic acids is 1. The van der Waals surface area contributed by atoms with Gasteiger partial charge in [0.05, 0.1) is 25.0 Å². The zero-order chi connectivity index (χ0) is 20.6. The molecule has 0 aliphatic carbocycles. The number of nitrogens with one attached hydrogen (secondary N) is 2. The average molecular weight is 538 g/mol. The first-order valence-corrected chi connectivity index (χ1v) is 10.2. The summed E-state index contributed by atoms with van der Waals surface area (Å²) in [4.78, 5) is 29.0. The lowest BCUT2D eigenvalue weighted by atomic mass is 10.2. The molecule has 0 radical (unpaired) electrons. The SMILES string of the molecule is CN(C)C(=O)CN=C(NCc1cccs1)N(C)Cc1ncc(-c2ccccc2)[nH]1.I. The fourth-order valence-electron chi connectivity index (χ4n) is 2.68. The molecule has 160 valence electrons. The van der Waals surface area contributed by atoms with Gasteiger partial charge in [-0.2, -0.15) is 0 Å². The number of aromatic nitrogens is 2. The largest absolute Gasteiger partial charge is 0.351 e. The van der Waals surface area contributed by atoms with Crippen LogP contribution in [0.5, 0.6) is 0 Å². The molecule has 0 bridgehead atoms. The molecular weight excluding hydrogens is 511 g/mol. The second-order valence-corrected chi connectivity index (χ2v) is 7.86. The molecule has 2 heterocycles. The number of hydrogen-bond acceptors (Lipinski definition) is 4. The molecular formula is C21H27IN6OS. The quantitative estimate of drug-likeness (QED) is 0.275. The molecule has 1 amide bonds. The number of aromatic amines is 1. The van der Waals surface area contributed by atoms with Crippen molar-refractivity contribution in [2.75, 3.05) is 27.7 Å². The second-order valence-electron chi connectivity index (χ2n) is 6.83. The van der Waals surface area contributed by atoms with E-state index in [1.165, 1.54) is 4.88 Å². The Morgan fingerprint density at radius 3 is 2.60 bits per heavy atom. The number of guanidine groups is 1. The van der Waals surface area contributed by atoms with Gasteiger partial charge in [0.15, 0.2) is 5.96 Å². The zero-order valence-corrected chi connectivity index (χ0v) is 20.5. The van der Waals surface area contributed by atoms with E-state index in [1.54, 1.807) is 30.3 Å². The molecule has 1 aromatic carbocycles. The van der Waals surface area contributed by atoms with Gasteiger partial charge in [0.25, 0.3) is 0 Å². The van der Waals surface area contributed by atoms with Crippen molar-refractivity contribution in [3.8, 4) is 11.3 Å².